The van der Waals surface area contributed by atoms with Crippen molar-refractivity contribution >= 4 is 12.3 Å². The molecule has 1 aromatic carbocycles. The largest absolute Gasteiger partial charge is 0.490 e. The average molecular weight is 252 g/mol. The standard InChI is InChI=1S/C18H20O/c1-2-4-15-11-19-18(10-14(15)3-1)16-6-12-5-13(8-16)9-17(18)7-12/h1-4,10-13,16-17H,5-9H2. The zero-order valence-electron chi connectivity index (χ0n) is 11.2. The van der Waals surface area contributed by atoms with E-state index in [1.54, 1.807) is 0 Å². The molecule has 6 rings (SSSR count). The Kier molecular flexibility index (Phi) is 1.91. The van der Waals surface area contributed by atoms with Crippen molar-refractivity contribution in [1.29, 1.82) is 0 Å². The van der Waals surface area contributed by atoms with Crippen molar-refractivity contribution in [2.75, 3.05) is 0 Å². The summed E-state index contributed by atoms with van der Waals surface area (Å²) in [5.74, 6) is 3.55. The normalized spacial score (nSPS) is 45.3. The molecule has 0 aromatic heterocycles. The molecule has 0 amide bonds. The summed E-state index contributed by atoms with van der Waals surface area (Å²) in [7, 11) is 0. The highest BCUT2D eigenvalue weighted by atomic mass is 16.5. The third-order valence-electron chi connectivity index (χ3n) is 6.18. The highest BCUT2D eigenvalue weighted by Crippen LogP contribution is 2.60. The van der Waals surface area contributed by atoms with Gasteiger partial charge in [-0.3, -0.25) is 0 Å². The van der Waals surface area contributed by atoms with E-state index >= 15 is 0 Å². The van der Waals surface area contributed by atoms with Crippen molar-refractivity contribution < 1.29 is 4.74 Å². The summed E-state index contributed by atoms with van der Waals surface area (Å²) in [4.78, 5) is 0. The van der Waals surface area contributed by atoms with Gasteiger partial charge in [-0.2, -0.15) is 0 Å². The minimum Gasteiger partial charge on any atom is -0.490 e. The summed E-state index contributed by atoms with van der Waals surface area (Å²) >= 11 is 0. The molecule has 4 aliphatic carbocycles. The van der Waals surface area contributed by atoms with Gasteiger partial charge in [0.25, 0.3) is 0 Å². The molecule has 0 N–H and O–H groups in total. The first-order chi connectivity index (χ1) is 9.33. The molecular formula is C18H20O. The lowest BCUT2D eigenvalue weighted by Gasteiger charge is -2.59. The lowest BCUT2D eigenvalue weighted by Crippen LogP contribution is -2.59. The van der Waals surface area contributed by atoms with E-state index in [2.05, 4.69) is 30.3 Å². The number of hydrogen-bond acceptors (Lipinski definition) is 1. The van der Waals surface area contributed by atoms with Crippen LogP contribution in [0, 0.1) is 23.7 Å². The molecule has 1 heteroatoms. The molecule has 1 nitrogen and oxygen atoms in total. The Bertz CT molecular complexity index is 614. The van der Waals surface area contributed by atoms with Crippen LogP contribution in [0.3, 0.4) is 0 Å². The summed E-state index contributed by atoms with van der Waals surface area (Å²) < 4.78 is 6.39. The first-order valence-corrected chi connectivity index (χ1v) is 7.79. The molecule has 5 aliphatic rings. The van der Waals surface area contributed by atoms with E-state index in [0.717, 1.165) is 23.7 Å². The van der Waals surface area contributed by atoms with E-state index in [4.69, 9.17) is 4.74 Å². The molecule has 4 bridgehead atoms. The fraction of sp³-hybridized carbons (Fsp3) is 0.556. The molecule has 1 aromatic rings. The molecule has 1 heterocycles. The van der Waals surface area contributed by atoms with Crippen LogP contribution in [-0.2, 0) is 4.74 Å². The first-order valence-electron chi connectivity index (χ1n) is 7.79. The fourth-order valence-electron chi connectivity index (χ4n) is 5.54. The summed E-state index contributed by atoms with van der Waals surface area (Å²) in [5, 5.41) is 2.64. The zero-order valence-corrected chi connectivity index (χ0v) is 11.2. The van der Waals surface area contributed by atoms with Crippen LogP contribution < -0.4 is 10.4 Å². The van der Waals surface area contributed by atoms with Crippen LogP contribution in [0.1, 0.15) is 32.1 Å². The highest BCUT2D eigenvalue weighted by molar-refractivity contribution is 5.46. The van der Waals surface area contributed by atoms with E-state index in [1.807, 2.05) is 6.26 Å². The predicted molar refractivity (Wildman–Crippen MR) is 75.5 cm³/mol. The van der Waals surface area contributed by atoms with Gasteiger partial charge in [0.1, 0.15) is 5.60 Å². The number of ether oxygens (including phenoxy) is 1. The number of hydrogen-bond donors (Lipinski definition) is 0. The van der Waals surface area contributed by atoms with Crippen LogP contribution in [0.2, 0.25) is 0 Å². The minimum absolute atomic E-state index is 0.0434. The third-order valence-corrected chi connectivity index (χ3v) is 6.18. The van der Waals surface area contributed by atoms with Gasteiger partial charge in [0, 0.05) is 17.1 Å². The zero-order chi connectivity index (χ0) is 12.4. The van der Waals surface area contributed by atoms with E-state index in [1.165, 1.54) is 42.5 Å². The van der Waals surface area contributed by atoms with Crippen LogP contribution in [-0.4, -0.2) is 5.60 Å². The molecule has 19 heavy (non-hydrogen) atoms. The minimum atomic E-state index is 0.0434. The van der Waals surface area contributed by atoms with Crippen LogP contribution >= 0.6 is 0 Å². The summed E-state index contributed by atoms with van der Waals surface area (Å²) in [6, 6.07) is 8.66. The highest BCUT2D eigenvalue weighted by Gasteiger charge is 2.57. The third kappa shape index (κ3) is 1.31. The second-order valence-electron chi connectivity index (χ2n) is 7.17. The van der Waals surface area contributed by atoms with Crippen LogP contribution in [0.15, 0.2) is 24.3 Å². The lowest BCUT2D eigenvalue weighted by molar-refractivity contribution is -0.128. The molecule has 0 atom stereocenters. The van der Waals surface area contributed by atoms with Gasteiger partial charge in [0.2, 0.25) is 0 Å². The van der Waals surface area contributed by atoms with Gasteiger partial charge in [0.15, 0.2) is 0 Å². The molecule has 0 saturated heterocycles. The van der Waals surface area contributed by atoms with Crippen LogP contribution in [0.25, 0.3) is 12.3 Å². The molecule has 1 spiro atoms. The Labute approximate surface area is 114 Å². The van der Waals surface area contributed by atoms with Gasteiger partial charge in [-0.25, -0.2) is 0 Å². The van der Waals surface area contributed by atoms with Crippen LogP contribution in [0.4, 0.5) is 0 Å². The quantitative estimate of drug-likeness (QED) is 0.689. The maximum absolute atomic E-state index is 6.39. The average Bonchev–Trinajstić information content (AvgIpc) is 2.44. The SMILES string of the molecule is C1=c2ccccc2=CC2(O1)C1CC3CC(C1)CC2C3. The van der Waals surface area contributed by atoms with Gasteiger partial charge in [0.05, 0.1) is 6.26 Å². The van der Waals surface area contributed by atoms with E-state index in [0.29, 0.717) is 0 Å². The second-order valence-corrected chi connectivity index (χ2v) is 7.17. The topological polar surface area (TPSA) is 9.23 Å². The van der Waals surface area contributed by atoms with Gasteiger partial charge in [-0.1, -0.05) is 24.3 Å². The Balaban J connectivity index is 1.68. The maximum Gasteiger partial charge on any atom is 0.133 e. The smallest absolute Gasteiger partial charge is 0.133 e. The monoisotopic (exact) mass is 252 g/mol. The number of rotatable bonds is 0. The van der Waals surface area contributed by atoms with Gasteiger partial charge in [-0.05, 0) is 55.2 Å². The molecule has 0 unspecified atom stereocenters. The van der Waals surface area contributed by atoms with E-state index in [9.17, 15) is 0 Å². The van der Waals surface area contributed by atoms with Gasteiger partial charge >= 0.3 is 0 Å². The fourth-order valence-corrected chi connectivity index (χ4v) is 5.54. The molecule has 4 fully saturated rings. The Morgan fingerprint density at radius 2 is 1.47 bits per heavy atom. The van der Waals surface area contributed by atoms with Gasteiger partial charge < -0.3 is 4.74 Å². The summed E-state index contributed by atoms with van der Waals surface area (Å²) in [5.41, 5.74) is 0.0434. The molecular weight excluding hydrogens is 232 g/mol. The summed E-state index contributed by atoms with van der Waals surface area (Å²) in [6.07, 6.45) is 11.6. The summed E-state index contributed by atoms with van der Waals surface area (Å²) in [6.45, 7) is 0. The predicted octanol–water partition coefficient (Wildman–Crippen LogP) is 2.43. The van der Waals surface area contributed by atoms with Crippen molar-refractivity contribution in [2.24, 2.45) is 23.7 Å². The molecule has 1 aliphatic heterocycles. The molecule has 4 saturated carbocycles. The van der Waals surface area contributed by atoms with Crippen molar-refractivity contribution in [3.63, 3.8) is 0 Å². The van der Waals surface area contributed by atoms with Crippen LogP contribution in [0.5, 0.6) is 0 Å². The van der Waals surface area contributed by atoms with E-state index in [-0.39, 0.29) is 5.60 Å². The second kappa shape index (κ2) is 3.45. The Hall–Kier alpha value is -1.24. The lowest BCUT2D eigenvalue weighted by atomic mass is 9.49. The molecule has 0 radical (unpaired) electrons. The van der Waals surface area contributed by atoms with E-state index < -0.39 is 0 Å². The van der Waals surface area contributed by atoms with Crippen molar-refractivity contribution in [3.8, 4) is 0 Å². The van der Waals surface area contributed by atoms with Gasteiger partial charge in [-0.15, -0.1) is 0 Å². The Morgan fingerprint density at radius 1 is 0.842 bits per heavy atom. The Morgan fingerprint density at radius 3 is 2.16 bits per heavy atom. The maximum atomic E-state index is 6.39. The number of fused-ring (bicyclic) bond motifs is 1. The van der Waals surface area contributed by atoms with Crippen molar-refractivity contribution in [1.82, 2.24) is 0 Å². The van der Waals surface area contributed by atoms with Crippen molar-refractivity contribution in [2.45, 2.75) is 37.7 Å². The molecule has 98 valence electrons. The number of benzene rings is 1. The van der Waals surface area contributed by atoms with Crippen molar-refractivity contribution in [3.05, 3.63) is 34.7 Å². The first kappa shape index (κ1) is 10.5.